The van der Waals surface area contributed by atoms with Crippen LogP contribution in [0.2, 0.25) is 10.0 Å². The van der Waals surface area contributed by atoms with Gasteiger partial charge < -0.3 is 10.2 Å². The Balaban J connectivity index is 1.80. The van der Waals surface area contributed by atoms with Crippen LogP contribution in [-0.4, -0.2) is 44.3 Å². The number of carbonyl (C=O) groups is 2. The van der Waals surface area contributed by atoms with E-state index in [2.05, 4.69) is 5.32 Å². The minimum atomic E-state index is -4.28. The number of anilines is 1. The van der Waals surface area contributed by atoms with Gasteiger partial charge in [-0.15, -0.1) is 0 Å². The molecule has 4 rings (SSSR count). The Kier molecular flexibility index (Phi) is 11.4. The van der Waals surface area contributed by atoms with Crippen LogP contribution in [0.25, 0.3) is 0 Å². The summed E-state index contributed by atoms with van der Waals surface area (Å²) in [6.45, 7) is 1.59. The smallest absolute Gasteiger partial charge is 0.264 e. The van der Waals surface area contributed by atoms with Crippen LogP contribution >= 0.6 is 23.2 Å². The first-order valence-electron chi connectivity index (χ1n) is 14.0. The predicted molar refractivity (Wildman–Crippen MR) is 172 cm³/mol. The summed E-state index contributed by atoms with van der Waals surface area (Å²) in [7, 11) is -4.28. The standard InChI is InChI=1S/C33H32Cl2FN3O4S/c1-2-19-37-33(41)31(21-24-9-5-3-6-10-24)38(22-25-13-18-29(34)30(35)20-25)32(40)23-39(27-16-14-26(36)15-17-27)44(42,43)28-11-7-4-8-12-28/h3-18,20,31H,2,19,21-23H2,1H3,(H,37,41)/t31-/m0/s1. The second-order valence-corrected chi connectivity index (χ2v) is 12.7. The Labute approximate surface area is 267 Å². The minimum Gasteiger partial charge on any atom is -0.354 e. The highest BCUT2D eigenvalue weighted by Crippen LogP contribution is 2.27. The molecule has 0 fully saturated rings. The van der Waals surface area contributed by atoms with E-state index in [1.807, 2.05) is 37.3 Å². The van der Waals surface area contributed by atoms with Gasteiger partial charge in [0.1, 0.15) is 18.4 Å². The fourth-order valence-corrected chi connectivity index (χ4v) is 6.37. The number of halogens is 3. The number of nitrogens with zero attached hydrogens (tertiary/aromatic N) is 2. The zero-order chi connectivity index (χ0) is 31.7. The lowest BCUT2D eigenvalue weighted by molar-refractivity contribution is -0.140. The quantitative estimate of drug-likeness (QED) is 0.178. The number of carbonyl (C=O) groups excluding carboxylic acids is 2. The zero-order valence-corrected chi connectivity index (χ0v) is 26.3. The van der Waals surface area contributed by atoms with Crippen molar-refractivity contribution in [1.82, 2.24) is 10.2 Å². The van der Waals surface area contributed by atoms with Crippen molar-refractivity contribution in [2.45, 2.75) is 37.2 Å². The monoisotopic (exact) mass is 655 g/mol. The minimum absolute atomic E-state index is 0.0466. The van der Waals surface area contributed by atoms with E-state index in [-0.39, 0.29) is 34.5 Å². The maximum Gasteiger partial charge on any atom is 0.264 e. The lowest BCUT2D eigenvalue weighted by Gasteiger charge is -2.34. The van der Waals surface area contributed by atoms with Gasteiger partial charge in [-0.05, 0) is 66.1 Å². The van der Waals surface area contributed by atoms with Crippen LogP contribution < -0.4 is 9.62 Å². The third-order valence-electron chi connectivity index (χ3n) is 6.88. The van der Waals surface area contributed by atoms with Gasteiger partial charge in [0.15, 0.2) is 0 Å². The van der Waals surface area contributed by atoms with E-state index in [1.54, 1.807) is 36.4 Å². The summed E-state index contributed by atoms with van der Waals surface area (Å²) in [6.07, 6.45) is 0.851. The highest BCUT2D eigenvalue weighted by atomic mass is 35.5. The summed E-state index contributed by atoms with van der Waals surface area (Å²) in [6, 6.07) is 25.6. The Hall–Kier alpha value is -3.92. The van der Waals surface area contributed by atoms with Crippen LogP contribution in [0.1, 0.15) is 24.5 Å². The first-order valence-corrected chi connectivity index (χ1v) is 16.2. The third-order valence-corrected chi connectivity index (χ3v) is 9.41. The largest absolute Gasteiger partial charge is 0.354 e. The maximum atomic E-state index is 14.3. The van der Waals surface area contributed by atoms with Gasteiger partial charge in [0.25, 0.3) is 10.0 Å². The van der Waals surface area contributed by atoms with E-state index in [9.17, 15) is 22.4 Å². The van der Waals surface area contributed by atoms with Gasteiger partial charge in [-0.2, -0.15) is 0 Å². The molecule has 1 atom stereocenters. The Morgan fingerprint density at radius 3 is 2.09 bits per heavy atom. The fourth-order valence-electron chi connectivity index (χ4n) is 4.61. The lowest BCUT2D eigenvalue weighted by atomic mass is 10.0. The third kappa shape index (κ3) is 8.37. The molecule has 0 bridgehead atoms. The van der Waals surface area contributed by atoms with Gasteiger partial charge in [0, 0.05) is 19.5 Å². The van der Waals surface area contributed by atoms with Crippen molar-refractivity contribution in [3.63, 3.8) is 0 Å². The molecule has 0 aromatic heterocycles. The summed E-state index contributed by atoms with van der Waals surface area (Å²) >= 11 is 12.4. The summed E-state index contributed by atoms with van der Waals surface area (Å²) in [4.78, 5) is 29.3. The maximum absolute atomic E-state index is 14.3. The number of rotatable bonds is 13. The van der Waals surface area contributed by atoms with Crippen LogP contribution in [0, 0.1) is 5.82 Å². The molecule has 7 nitrogen and oxygen atoms in total. The second kappa shape index (κ2) is 15.2. The zero-order valence-electron chi connectivity index (χ0n) is 24.0. The number of amides is 2. The number of sulfonamides is 1. The molecule has 44 heavy (non-hydrogen) atoms. The first kappa shape index (κ1) is 33.0. The summed E-state index contributed by atoms with van der Waals surface area (Å²) < 4.78 is 42.6. The summed E-state index contributed by atoms with van der Waals surface area (Å²) in [5, 5.41) is 3.48. The van der Waals surface area contributed by atoms with Crippen LogP contribution in [-0.2, 0) is 32.6 Å². The van der Waals surface area contributed by atoms with E-state index in [0.717, 1.165) is 22.0 Å². The Morgan fingerprint density at radius 2 is 1.48 bits per heavy atom. The summed E-state index contributed by atoms with van der Waals surface area (Å²) in [5.74, 6) is -1.59. The van der Waals surface area contributed by atoms with Crippen molar-refractivity contribution in [2.75, 3.05) is 17.4 Å². The van der Waals surface area contributed by atoms with Gasteiger partial charge >= 0.3 is 0 Å². The molecule has 0 aliphatic rings. The van der Waals surface area contributed by atoms with Crippen molar-refractivity contribution >= 4 is 50.7 Å². The van der Waals surface area contributed by atoms with Crippen molar-refractivity contribution in [1.29, 1.82) is 0 Å². The van der Waals surface area contributed by atoms with Crippen LogP contribution in [0.3, 0.4) is 0 Å². The molecule has 0 heterocycles. The molecule has 2 amide bonds. The molecule has 1 N–H and O–H groups in total. The van der Waals surface area contributed by atoms with E-state index in [4.69, 9.17) is 23.2 Å². The number of hydrogen-bond donors (Lipinski definition) is 1. The molecule has 4 aromatic carbocycles. The van der Waals surface area contributed by atoms with E-state index in [0.29, 0.717) is 23.6 Å². The Bertz CT molecular complexity index is 1670. The summed E-state index contributed by atoms with van der Waals surface area (Å²) in [5.41, 5.74) is 1.49. The molecule has 0 aliphatic carbocycles. The SMILES string of the molecule is CCCNC(=O)[C@H](Cc1ccccc1)N(Cc1ccc(Cl)c(Cl)c1)C(=O)CN(c1ccc(F)cc1)S(=O)(=O)c1ccccc1. The van der Waals surface area contributed by atoms with E-state index < -0.39 is 34.3 Å². The highest BCUT2D eigenvalue weighted by Gasteiger charge is 2.34. The normalized spacial score (nSPS) is 11.9. The Morgan fingerprint density at radius 1 is 0.841 bits per heavy atom. The molecule has 230 valence electrons. The molecule has 0 spiro atoms. The topological polar surface area (TPSA) is 86.8 Å². The van der Waals surface area contributed by atoms with Crippen molar-refractivity contribution in [2.24, 2.45) is 0 Å². The average molecular weight is 657 g/mol. The van der Waals surface area contributed by atoms with Crippen LogP contribution in [0.15, 0.2) is 108 Å². The average Bonchev–Trinajstić information content (AvgIpc) is 3.03. The number of nitrogens with one attached hydrogen (secondary N) is 1. The molecular weight excluding hydrogens is 624 g/mol. The van der Waals surface area contributed by atoms with Gasteiger partial charge in [0.2, 0.25) is 11.8 Å². The van der Waals surface area contributed by atoms with Crippen molar-refractivity contribution in [3.05, 3.63) is 130 Å². The van der Waals surface area contributed by atoms with Gasteiger partial charge in [-0.1, -0.05) is 84.7 Å². The van der Waals surface area contributed by atoms with Gasteiger partial charge in [-0.25, -0.2) is 12.8 Å². The van der Waals surface area contributed by atoms with Crippen molar-refractivity contribution < 1.29 is 22.4 Å². The molecule has 0 saturated carbocycles. The van der Waals surface area contributed by atoms with Crippen LogP contribution in [0.4, 0.5) is 10.1 Å². The second-order valence-electron chi connectivity index (χ2n) is 10.1. The lowest BCUT2D eigenvalue weighted by Crippen LogP contribution is -2.53. The first-order chi connectivity index (χ1) is 21.1. The highest BCUT2D eigenvalue weighted by molar-refractivity contribution is 7.92. The number of hydrogen-bond acceptors (Lipinski definition) is 4. The van der Waals surface area contributed by atoms with Gasteiger partial charge in [-0.3, -0.25) is 13.9 Å². The fraction of sp³-hybridized carbons (Fsp3) is 0.212. The van der Waals surface area contributed by atoms with E-state index >= 15 is 0 Å². The van der Waals surface area contributed by atoms with Crippen LogP contribution in [0.5, 0.6) is 0 Å². The molecule has 0 radical (unpaired) electrons. The number of benzene rings is 4. The molecular formula is C33H32Cl2FN3O4S. The molecule has 4 aromatic rings. The molecule has 0 aliphatic heterocycles. The van der Waals surface area contributed by atoms with E-state index in [1.165, 1.54) is 29.2 Å². The molecule has 0 saturated heterocycles. The predicted octanol–water partition coefficient (Wildman–Crippen LogP) is 6.49. The molecule has 0 unspecified atom stereocenters. The molecule has 11 heteroatoms. The van der Waals surface area contributed by atoms with Gasteiger partial charge in [0.05, 0.1) is 20.6 Å². The van der Waals surface area contributed by atoms with Crippen molar-refractivity contribution in [3.8, 4) is 0 Å².